The summed E-state index contributed by atoms with van der Waals surface area (Å²) in [5, 5.41) is -3.29. The van der Waals surface area contributed by atoms with Crippen LogP contribution in [0.25, 0.3) is 0 Å². The Labute approximate surface area is 87.9 Å². The summed E-state index contributed by atoms with van der Waals surface area (Å²) in [6, 6.07) is 6.37. The van der Waals surface area contributed by atoms with E-state index in [4.69, 9.17) is 11.6 Å². The molecule has 14 heavy (non-hydrogen) atoms. The standard InChI is InChI=1S/C11H13ClF2/c1-10(2,3)8-6-4-5-7-9(8)11(12,13)14/h4-7H,1-3H3. The fraction of sp³-hybridized carbons (Fsp3) is 0.455. The molecule has 0 N–H and O–H groups in total. The molecule has 0 saturated carbocycles. The van der Waals surface area contributed by atoms with E-state index in [9.17, 15) is 8.78 Å². The minimum absolute atomic E-state index is 0.103. The van der Waals surface area contributed by atoms with Gasteiger partial charge in [-0.25, -0.2) is 0 Å². The SMILES string of the molecule is CC(C)(C)c1ccccc1C(F)(F)Cl. The quantitative estimate of drug-likeness (QED) is 0.618. The smallest absolute Gasteiger partial charge is 0.183 e. The monoisotopic (exact) mass is 218 g/mol. The van der Waals surface area contributed by atoms with Crippen molar-refractivity contribution in [1.29, 1.82) is 0 Å². The summed E-state index contributed by atoms with van der Waals surface area (Å²) in [5.41, 5.74) is 0.156. The molecule has 0 aliphatic rings. The lowest BCUT2D eigenvalue weighted by atomic mass is 9.84. The van der Waals surface area contributed by atoms with Gasteiger partial charge in [-0.2, -0.15) is 8.78 Å². The number of alkyl halides is 3. The fourth-order valence-electron chi connectivity index (χ4n) is 1.38. The Hall–Kier alpha value is -0.630. The molecule has 1 aromatic carbocycles. The number of hydrogen-bond acceptors (Lipinski definition) is 0. The van der Waals surface area contributed by atoms with E-state index in [1.54, 1.807) is 18.2 Å². The van der Waals surface area contributed by atoms with E-state index in [2.05, 4.69) is 0 Å². The summed E-state index contributed by atoms with van der Waals surface area (Å²) in [4.78, 5) is 0. The van der Waals surface area contributed by atoms with Gasteiger partial charge < -0.3 is 0 Å². The molecular weight excluding hydrogens is 206 g/mol. The third-order valence-electron chi connectivity index (χ3n) is 2.04. The van der Waals surface area contributed by atoms with E-state index in [0.29, 0.717) is 5.56 Å². The average molecular weight is 219 g/mol. The van der Waals surface area contributed by atoms with E-state index in [1.807, 2.05) is 20.8 Å². The molecule has 0 bridgehead atoms. The van der Waals surface area contributed by atoms with E-state index in [1.165, 1.54) is 6.07 Å². The number of hydrogen-bond donors (Lipinski definition) is 0. The van der Waals surface area contributed by atoms with Crippen LogP contribution < -0.4 is 0 Å². The second-order valence-corrected chi connectivity index (χ2v) is 4.77. The Kier molecular flexibility index (Phi) is 2.86. The largest absolute Gasteiger partial charge is 0.348 e. The highest BCUT2D eigenvalue weighted by Gasteiger charge is 2.33. The first-order valence-corrected chi connectivity index (χ1v) is 4.77. The van der Waals surface area contributed by atoms with E-state index in [0.717, 1.165) is 0 Å². The first-order valence-electron chi connectivity index (χ1n) is 4.39. The lowest BCUT2D eigenvalue weighted by Gasteiger charge is -2.24. The van der Waals surface area contributed by atoms with Crippen LogP contribution in [-0.4, -0.2) is 0 Å². The molecule has 0 nitrogen and oxygen atoms in total. The van der Waals surface area contributed by atoms with Gasteiger partial charge in [0, 0.05) is 5.56 Å². The molecule has 3 heteroatoms. The number of rotatable bonds is 1. The molecule has 0 unspecified atom stereocenters. The van der Waals surface area contributed by atoms with Crippen LogP contribution in [0.1, 0.15) is 31.9 Å². The Morgan fingerprint density at radius 1 is 1.00 bits per heavy atom. The predicted octanol–water partition coefficient (Wildman–Crippen LogP) is 4.27. The van der Waals surface area contributed by atoms with E-state index in [-0.39, 0.29) is 11.0 Å². The van der Waals surface area contributed by atoms with E-state index >= 15 is 0 Å². The predicted molar refractivity (Wildman–Crippen MR) is 54.9 cm³/mol. The van der Waals surface area contributed by atoms with Crippen molar-refractivity contribution in [3.05, 3.63) is 35.4 Å². The van der Waals surface area contributed by atoms with Gasteiger partial charge in [-0.15, -0.1) is 0 Å². The minimum atomic E-state index is -3.29. The van der Waals surface area contributed by atoms with E-state index < -0.39 is 5.38 Å². The van der Waals surface area contributed by atoms with Gasteiger partial charge in [-0.1, -0.05) is 45.0 Å². The van der Waals surface area contributed by atoms with Gasteiger partial charge in [0.25, 0.3) is 0 Å². The Morgan fingerprint density at radius 3 is 1.71 bits per heavy atom. The van der Waals surface area contributed by atoms with Gasteiger partial charge in [-0.3, -0.25) is 0 Å². The molecular formula is C11H13ClF2. The third-order valence-corrected chi connectivity index (χ3v) is 2.24. The zero-order valence-corrected chi connectivity index (χ0v) is 9.20. The lowest BCUT2D eigenvalue weighted by molar-refractivity contribution is 0.0929. The second kappa shape index (κ2) is 3.50. The number of benzene rings is 1. The summed E-state index contributed by atoms with van der Waals surface area (Å²) >= 11 is 5.04. The van der Waals surface area contributed by atoms with Gasteiger partial charge >= 0.3 is 5.38 Å². The minimum Gasteiger partial charge on any atom is -0.183 e. The fourth-order valence-corrected chi connectivity index (χ4v) is 1.55. The molecule has 0 heterocycles. The molecule has 0 aliphatic heterocycles. The molecule has 0 fully saturated rings. The van der Waals surface area contributed by atoms with Crippen LogP contribution >= 0.6 is 11.6 Å². The maximum atomic E-state index is 13.0. The maximum absolute atomic E-state index is 13.0. The molecule has 0 amide bonds. The van der Waals surface area contributed by atoms with Crippen LogP contribution in [0.5, 0.6) is 0 Å². The topological polar surface area (TPSA) is 0 Å². The first kappa shape index (κ1) is 11.4. The van der Waals surface area contributed by atoms with Crippen LogP contribution in [-0.2, 0) is 10.8 Å². The molecule has 0 aromatic heterocycles. The summed E-state index contributed by atoms with van der Waals surface area (Å²) in [5.74, 6) is 0. The number of halogens is 3. The molecule has 0 spiro atoms. The van der Waals surface area contributed by atoms with Crippen LogP contribution in [0.3, 0.4) is 0 Å². The lowest BCUT2D eigenvalue weighted by Crippen LogP contribution is -2.18. The van der Waals surface area contributed by atoms with Gasteiger partial charge in [0.15, 0.2) is 0 Å². The van der Waals surface area contributed by atoms with Gasteiger partial charge in [0.2, 0.25) is 0 Å². The zero-order chi connectivity index (χ0) is 11.0. The highest BCUT2D eigenvalue weighted by Crippen LogP contribution is 2.38. The second-order valence-electron chi connectivity index (χ2n) is 4.29. The van der Waals surface area contributed by atoms with Gasteiger partial charge in [0.05, 0.1) is 0 Å². The van der Waals surface area contributed by atoms with Crippen LogP contribution in [0.15, 0.2) is 24.3 Å². The van der Waals surface area contributed by atoms with Crippen LogP contribution in [0.2, 0.25) is 0 Å². The average Bonchev–Trinajstić information content (AvgIpc) is 2.01. The zero-order valence-electron chi connectivity index (χ0n) is 8.44. The van der Waals surface area contributed by atoms with Crippen molar-refractivity contribution < 1.29 is 8.78 Å². The van der Waals surface area contributed by atoms with Crippen molar-refractivity contribution in [3.8, 4) is 0 Å². The maximum Gasteiger partial charge on any atom is 0.348 e. The Morgan fingerprint density at radius 2 is 1.43 bits per heavy atom. The van der Waals surface area contributed by atoms with Crippen molar-refractivity contribution in [2.75, 3.05) is 0 Å². The molecule has 0 saturated heterocycles. The van der Waals surface area contributed by atoms with Crippen molar-refractivity contribution >= 4 is 11.6 Å². The summed E-state index contributed by atoms with van der Waals surface area (Å²) in [6.45, 7) is 5.65. The van der Waals surface area contributed by atoms with Crippen molar-refractivity contribution in [1.82, 2.24) is 0 Å². The highest BCUT2D eigenvalue weighted by atomic mass is 35.5. The molecule has 78 valence electrons. The Balaban J connectivity index is 3.31. The summed E-state index contributed by atoms with van der Waals surface area (Å²) < 4.78 is 26.0. The van der Waals surface area contributed by atoms with Crippen molar-refractivity contribution in [3.63, 3.8) is 0 Å². The summed E-state index contributed by atoms with van der Waals surface area (Å²) in [6.07, 6.45) is 0. The third kappa shape index (κ3) is 2.44. The molecule has 0 aliphatic carbocycles. The normalized spacial score (nSPS) is 13.0. The van der Waals surface area contributed by atoms with Crippen molar-refractivity contribution in [2.24, 2.45) is 0 Å². The molecule has 1 aromatic rings. The van der Waals surface area contributed by atoms with Crippen molar-refractivity contribution in [2.45, 2.75) is 31.6 Å². The van der Waals surface area contributed by atoms with Gasteiger partial charge in [-0.05, 0) is 22.6 Å². The molecule has 0 radical (unpaired) electrons. The first-order chi connectivity index (χ1) is 6.23. The van der Waals surface area contributed by atoms with Crippen LogP contribution in [0, 0.1) is 0 Å². The highest BCUT2D eigenvalue weighted by molar-refractivity contribution is 6.21. The molecule has 0 atom stereocenters. The molecule has 1 rings (SSSR count). The van der Waals surface area contributed by atoms with Crippen LogP contribution in [0.4, 0.5) is 8.78 Å². The Bertz CT molecular complexity index is 288. The summed E-state index contributed by atoms with van der Waals surface area (Å²) in [7, 11) is 0. The van der Waals surface area contributed by atoms with Gasteiger partial charge in [0.1, 0.15) is 0 Å².